The van der Waals surface area contributed by atoms with E-state index in [1.54, 1.807) is 0 Å². The van der Waals surface area contributed by atoms with Gasteiger partial charge in [-0.25, -0.2) is 0 Å². The molecule has 0 amide bonds. The van der Waals surface area contributed by atoms with Gasteiger partial charge in [-0.1, -0.05) is 86.6 Å². The molecular weight excluding hydrogens is 592 g/mol. The van der Waals surface area contributed by atoms with Crippen molar-refractivity contribution in [3.05, 3.63) is 108 Å². The lowest BCUT2D eigenvalue weighted by molar-refractivity contribution is 0.0394. The predicted octanol–water partition coefficient (Wildman–Crippen LogP) is 8.23. The van der Waals surface area contributed by atoms with E-state index in [2.05, 4.69) is 86.6 Å². The van der Waals surface area contributed by atoms with Gasteiger partial charge in [0.25, 0.3) is 0 Å². The van der Waals surface area contributed by atoms with Gasteiger partial charge in [-0.2, -0.15) is 0 Å². The van der Waals surface area contributed by atoms with Crippen molar-refractivity contribution in [1.29, 1.82) is 0 Å². The quantitative estimate of drug-likeness (QED) is 0.0714. The first-order chi connectivity index (χ1) is 23.2. The van der Waals surface area contributed by atoms with E-state index >= 15 is 0 Å². The van der Waals surface area contributed by atoms with Gasteiger partial charge in [-0.3, -0.25) is 0 Å². The second kappa shape index (κ2) is 16.9. The zero-order valence-electron chi connectivity index (χ0n) is 27.5. The SMILES string of the molecule is CCC(OCC1CO1)c1ccc(-c2ccc(OCCOCCOc3ccc(-c4ccc(C(CC)OCC5CO5)cc4)cc3)cc2)cc1. The molecule has 2 aliphatic rings. The first kappa shape index (κ1) is 33.2. The molecule has 2 aliphatic heterocycles. The molecule has 0 saturated carbocycles. The van der Waals surface area contributed by atoms with E-state index in [1.165, 1.54) is 22.3 Å². The number of rotatable bonds is 20. The fourth-order valence-corrected chi connectivity index (χ4v) is 5.48. The number of ether oxygens (including phenoxy) is 7. The third-order valence-electron chi connectivity index (χ3n) is 8.45. The summed E-state index contributed by atoms with van der Waals surface area (Å²) < 4.78 is 40.1. The van der Waals surface area contributed by atoms with Crippen LogP contribution >= 0.6 is 0 Å². The predicted molar refractivity (Wildman–Crippen MR) is 183 cm³/mol. The van der Waals surface area contributed by atoms with E-state index < -0.39 is 0 Å². The minimum absolute atomic E-state index is 0.104. The molecule has 7 heteroatoms. The molecule has 6 rings (SSSR count). The normalized spacial score (nSPS) is 18.0. The molecule has 2 saturated heterocycles. The summed E-state index contributed by atoms with van der Waals surface area (Å²) in [7, 11) is 0. The van der Waals surface area contributed by atoms with Crippen molar-refractivity contribution in [2.75, 3.05) is 52.9 Å². The number of benzene rings is 4. The van der Waals surface area contributed by atoms with Gasteiger partial charge in [-0.15, -0.1) is 0 Å². The van der Waals surface area contributed by atoms with Crippen LogP contribution in [0, 0.1) is 0 Å². The number of hydrogen-bond donors (Lipinski definition) is 0. The molecule has 47 heavy (non-hydrogen) atoms. The molecule has 0 aliphatic carbocycles. The van der Waals surface area contributed by atoms with E-state index in [4.69, 9.17) is 33.2 Å². The Morgan fingerprint density at radius 2 is 0.851 bits per heavy atom. The van der Waals surface area contributed by atoms with Gasteiger partial charge < -0.3 is 33.2 Å². The monoisotopic (exact) mass is 638 g/mol. The van der Waals surface area contributed by atoms with E-state index in [0.29, 0.717) is 39.6 Å². The van der Waals surface area contributed by atoms with Gasteiger partial charge in [0.1, 0.15) is 36.9 Å². The van der Waals surface area contributed by atoms with Crippen molar-refractivity contribution in [2.24, 2.45) is 0 Å². The molecule has 0 spiro atoms. The molecule has 0 aromatic heterocycles. The smallest absolute Gasteiger partial charge is 0.119 e. The first-order valence-electron chi connectivity index (χ1n) is 16.9. The molecule has 0 N–H and O–H groups in total. The largest absolute Gasteiger partial charge is 0.491 e. The minimum atomic E-state index is 0.104. The summed E-state index contributed by atoms with van der Waals surface area (Å²) in [6, 6.07) is 33.6. The van der Waals surface area contributed by atoms with E-state index in [0.717, 1.165) is 48.7 Å². The van der Waals surface area contributed by atoms with Crippen LogP contribution in [0.5, 0.6) is 11.5 Å². The molecule has 2 heterocycles. The molecule has 4 atom stereocenters. The maximum Gasteiger partial charge on any atom is 0.119 e. The summed E-state index contributed by atoms with van der Waals surface area (Å²) in [6.07, 6.45) is 2.64. The lowest BCUT2D eigenvalue weighted by Crippen LogP contribution is -2.12. The second-order valence-corrected chi connectivity index (χ2v) is 12.0. The Morgan fingerprint density at radius 3 is 1.17 bits per heavy atom. The maximum atomic E-state index is 6.03. The van der Waals surface area contributed by atoms with Crippen LogP contribution in [0.4, 0.5) is 0 Å². The van der Waals surface area contributed by atoms with Gasteiger partial charge >= 0.3 is 0 Å². The fraction of sp³-hybridized carbons (Fsp3) is 0.400. The molecule has 0 bridgehead atoms. The molecule has 2 fully saturated rings. The van der Waals surface area contributed by atoms with Crippen molar-refractivity contribution in [2.45, 2.75) is 51.1 Å². The van der Waals surface area contributed by atoms with Gasteiger partial charge in [0.05, 0.1) is 51.8 Å². The van der Waals surface area contributed by atoms with Gasteiger partial charge in [0, 0.05) is 0 Å². The van der Waals surface area contributed by atoms with Crippen molar-refractivity contribution in [1.82, 2.24) is 0 Å². The van der Waals surface area contributed by atoms with Crippen LogP contribution in [0.2, 0.25) is 0 Å². The Balaban J connectivity index is 0.858. The maximum absolute atomic E-state index is 6.03. The Morgan fingerprint density at radius 1 is 0.511 bits per heavy atom. The Labute approximate surface area is 278 Å². The highest BCUT2D eigenvalue weighted by atomic mass is 16.6. The van der Waals surface area contributed by atoms with Crippen molar-refractivity contribution in [3.8, 4) is 33.8 Å². The summed E-state index contributed by atoms with van der Waals surface area (Å²) >= 11 is 0. The molecule has 4 unspecified atom stereocenters. The summed E-state index contributed by atoms with van der Waals surface area (Å²) in [5.74, 6) is 1.65. The number of hydrogen-bond acceptors (Lipinski definition) is 7. The number of epoxide rings is 2. The van der Waals surface area contributed by atoms with Crippen LogP contribution in [0.1, 0.15) is 50.0 Å². The summed E-state index contributed by atoms with van der Waals surface area (Å²) in [6.45, 7) is 9.21. The van der Waals surface area contributed by atoms with Crippen molar-refractivity contribution in [3.63, 3.8) is 0 Å². The van der Waals surface area contributed by atoms with Crippen LogP contribution in [0.25, 0.3) is 22.3 Å². The van der Waals surface area contributed by atoms with Gasteiger partial charge in [0.2, 0.25) is 0 Å². The third kappa shape index (κ3) is 10.1. The van der Waals surface area contributed by atoms with E-state index in [1.807, 2.05) is 24.3 Å². The average molecular weight is 639 g/mol. The Kier molecular flexibility index (Phi) is 11.9. The molecule has 4 aromatic carbocycles. The van der Waals surface area contributed by atoms with Crippen LogP contribution < -0.4 is 9.47 Å². The highest BCUT2D eigenvalue weighted by Gasteiger charge is 2.25. The first-order valence-corrected chi connectivity index (χ1v) is 16.9. The molecule has 4 aromatic rings. The second-order valence-electron chi connectivity index (χ2n) is 12.0. The van der Waals surface area contributed by atoms with Crippen LogP contribution in [-0.4, -0.2) is 65.1 Å². The average Bonchev–Trinajstić information content (AvgIpc) is 4.06. The fourth-order valence-electron chi connectivity index (χ4n) is 5.48. The Bertz CT molecular complexity index is 1360. The minimum Gasteiger partial charge on any atom is -0.491 e. The summed E-state index contributed by atoms with van der Waals surface area (Å²) in [5.41, 5.74) is 7.02. The van der Waals surface area contributed by atoms with E-state index in [-0.39, 0.29) is 24.4 Å². The standard InChI is InChI=1S/C40H46O7/c1-3-39(46-27-37-25-44-37)33-9-5-29(6-10-33)31-13-17-35(18-14-31)42-23-21-41-22-24-43-36-19-15-32(16-20-36)30-7-11-34(12-8-30)40(4-2)47-28-38-26-45-38/h5-20,37-40H,3-4,21-28H2,1-2H3. The van der Waals surface area contributed by atoms with Crippen molar-refractivity contribution < 1.29 is 33.2 Å². The zero-order chi connectivity index (χ0) is 32.3. The van der Waals surface area contributed by atoms with Crippen LogP contribution in [-0.2, 0) is 23.7 Å². The highest BCUT2D eigenvalue weighted by molar-refractivity contribution is 5.65. The zero-order valence-corrected chi connectivity index (χ0v) is 27.5. The van der Waals surface area contributed by atoms with Gasteiger partial charge in [-0.05, 0) is 70.5 Å². The van der Waals surface area contributed by atoms with Crippen LogP contribution in [0.3, 0.4) is 0 Å². The third-order valence-corrected chi connectivity index (χ3v) is 8.45. The molecule has 0 radical (unpaired) electrons. The summed E-state index contributed by atoms with van der Waals surface area (Å²) in [4.78, 5) is 0. The summed E-state index contributed by atoms with van der Waals surface area (Å²) in [5, 5.41) is 0. The molecular formula is C40H46O7. The van der Waals surface area contributed by atoms with Crippen LogP contribution in [0.15, 0.2) is 97.1 Å². The highest BCUT2D eigenvalue weighted by Crippen LogP contribution is 2.29. The topological polar surface area (TPSA) is 71.2 Å². The lowest BCUT2D eigenvalue weighted by atomic mass is 10.0. The molecule has 248 valence electrons. The van der Waals surface area contributed by atoms with E-state index in [9.17, 15) is 0 Å². The van der Waals surface area contributed by atoms with Crippen molar-refractivity contribution >= 4 is 0 Å². The molecule has 7 nitrogen and oxygen atoms in total. The van der Waals surface area contributed by atoms with Gasteiger partial charge in [0.15, 0.2) is 0 Å². The lowest BCUT2D eigenvalue weighted by Gasteiger charge is -2.16. The Hall–Kier alpha value is -3.72.